The van der Waals surface area contributed by atoms with Gasteiger partial charge in [0.05, 0.1) is 5.71 Å². The number of aromatic nitrogens is 2. The van der Waals surface area contributed by atoms with Crippen LogP contribution in [0.4, 0.5) is 0 Å². The van der Waals surface area contributed by atoms with Gasteiger partial charge in [-0.2, -0.15) is 0 Å². The molecule has 0 radical (unpaired) electrons. The maximum absolute atomic E-state index is 7.81. The van der Waals surface area contributed by atoms with Gasteiger partial charge in [-0.05, 0) is 28.2 Å². The van der Waals surface area contributed by atoms with Gasteiger partial charge in [0.2, 0.25) is 0 Å². The van der Waals surface area contributed by atoms with Crippen LogP contribution >= 0.6 is 0 Å². The Morgan fingerprint density at radius 2 is 2.00 bits per heavy atom. The van der Waals surface area contributed by atoms with E-state index in [1.807, 2.05) is 20.8 Å². The highest BCUT2D eigenvalue weighted by Gasteiger charge is 2.18. The second kappa shape index (κ2) is 4.17. The van der Waals surface area contributed by atoms with Gasteiger partial charge in [-0.25, -0.2) is 4.63 Å². The van der Waals surface area contributed by atoms with Crippen molar-refractivity contribution in [1.82, 2.24) is 10.3 Å². The van der Waals surface area contributed by atoms with Gasteiger partial charge in [-0.3, -0.25) is 0 Å². The summed E-state index contributed by atoms with van der Waals surface area (Å²) in [5, 5.41) is 15.3. The smallest absolute Gasteiger partial charge is 0.156 e. The summed E-state index contributed by atoms with van der Waals surface area (Å²) in [5.41, 5.74) is 2.43. The highest BCUT2D eigenvalue weighted by atomic mass is 16.6. The molecule has 0 aliphatic carbocycles. The van der Waals surface area contributed by atoms with E-state index >= 15 is 0 Å². The SMILES string of the molecule is C=C(CC)c1nonc1C(=N)C(C)C. The lowest BCUT2D eigenvalue weighted by Gasteiger charge is -2.04. The summed E-state index contributed by atoms with van der Waals surface area (Å²) in [6, 6.07) is 0. The molecule has 14 heavy (non-hydrogen) atoms. The molecular weight excluding hydrogens is 178 g/mol. The molecule has 1 aromatic heterocycles. The van der Waals surface area contributed by atoms with Crippen molar-refractivity contribution >= 4 is 11.3 Å². The quantitative estimate of drug-likeness (QED) is 0.747. The second-order valence-electron chi connectivity index (χ2n) is 3.49. The van der Waals surface area contributed by atoms with Gasteiger partial charge in [-0.15, -0.1) is 0 Å². The Morgan fingerprint density at radius 1 is 1.43 bits per heavy atom. The van der Waals surface area contributed by atoms with Crippen molar-refractivity contribution in [3.8, 4) is 0 Å². The van der Waals surface area contributed by atoms with Crippen LogP contribution in [0.5, 0.6) is 0 Å². The number of hydrogen-bond donors (Lipinski definition) is 1. The first-order valence-electron chi connectivity index (χ1n) is 4.67. The van der Waals surface area contributed by atoms with E-state index in [4.69, 9.17) is 5.41 Å². The first-order valence-corrected chi connectivity index (χ1v) is 4.67. The lowest BCUT2D eigenvalue weighted by atomic mass is 10.0. The van der Waals surface area contributed by atoms with E-state index in [0.717, 1.165) is 12.0 Å². The molecule has 0 bridgehead atoms. The third-order valence-corrected chi connectivity index (χ3v) is 2.08. The summed E-state index contributed by atoms with van der Waals surface area (Å²) in [6.45, 7) is 9.72. The fraction of sp³-hybridized carbons (Fsp3) is 0.500. The molecule has 1 N–H and O–H groups in total. The Bertz CT molecular complexity index is 352. The second-order valence-corrected chi connectivity index (χ2v) is 3.49. The number of rotatable bonds is 4. The Labute approximate surface area is 83.5 Å². The van der Waals surface area contributed by atoms with Crippen molar-refractivity contribution in [3.05, 3.63) is 18.0 Å². The standard InChI is InChI=1S/C10H15N3O/c1-5-7(4)9-10(13-14-12-9)8(11)6(2)3/h6,11H,4-5H2,1-3H3. The summed E-state index contributed by atoms with van der Waals surface area (Å²) in [4.78, 5) is 0. The molecule has 0 unspecified atom stereocenters. The summed E-state index contributed by atoms with van der Waals surface area (Å²) in [7, 11) is 0. The van der Waals surface area contributed by atoms with Crippen LogP contribution in [0.15, 0.2) is 11.2 Å². The normalized spacial score (nSPS) is 10.6. The zero-order chi connectivity index (χ0) is 10.7. The van der Waals surface area contributed by atoms with Crippen molar-refractivity contribution in [2.45, 2.75) is 27.2 Å². The van der Waals surface area contributed by atoms with Gasteiger partial charge >= 0.3 is 0 Å². The minimum atomic E-state index is 0.116. The monoisotopic (exact) mass is 193 g/mol. The van der Waals surface area contributed by atoms with Crippen LogP contribution in [0.2, 0.25) is 0 Å². The predicted molar refractivity (Wildman–Crippen MR) is 55.3 cm³/mol. The summed E-state index contributed by atoms with van der Waals surface area (Å²) in [6.07, 6.45) is 0.784. The summed E-state index contributed by atoms with van der Waals surface area (Å²) < 4.78 is 4.64. The van der Waals surface area contributed by atoms with Crippen LogP contribution in [0.1, 0.15) is 38.6 Å². The first-order chi connectivity index (χ1) is 6.57. The van der Waals surface area contributed by atoms with E-state index in [-0.39, 0.29) is 5.92 Å². The van der Waals surface area contributed by atoms with Gasteiger partial charge in [0.25, 0.3) is 0 Å². The van der Waals surface area contributed by atoms with E-state index in [0.29, 0.717) is 17.1 Å². The van der Waals surface area contributed by atoms with Crippen LogP contribution in [0.3, 0.4) is 0 Å². The Morgan fingerprint density at radius 3 is 2.50 bits per heavy atom. The molecular formula is C10H15N3O. The Balaban J connectivity index is 3.04. The summed E-state index contributed by atoms with van der Waals surface area (Å²) >= 11 is 0. The fourth-order valence-corrected chi connectivity index (χ4v) is 1.04. The average Bonchev–Trinajstić information content (AvgIpc) is 2.63. The lowest BCUT2D eigenvalue weighted by molar-refractivity contribution is 0.305. The number of nitrogens with one attached hydrogen (secondary N) is 1. The highest BCUT2D eigenvalue weighted by Crippen LogP contribution is 2.19. The minimum Gasteiger partial charge on any atom is -0.303 e. The molecule has 1 heterocycles. The molecule has 0 aliphatic heterocycles. The zero-order valence-electron chi connectivity index (χ0n) is 8.79. The van der Waals surface area contributed by atoms with Gasteiger partial charge in [-0.1, -0.05) is 27.4 Å². The molecule has 0 aliphatic rings. The van der Waals surface area contributed by atoms with Crippen molar-refractivity contribution in [2.24, 2.45) is 5.92 Å². The largest absolute Gasteiger partial charge is 0.303 e. The third-order valence-electron chi connectivity index (χ3n) is 2.08. The van der Waals surface area contributed by atoms with Crippen molar-refractivity contribution in [2.75, 3.05) is 0 Å². The van der Waals surface area contributed by atoms with E-state index in [1.54, 1.807) is 0 Å². The van der Waals surface area contributed by atoms with Crippen LogP contribution in [-0.4, -0.2) is 16.0 Å². The maximum atomic E-state index is 7.81. The lowest BCUT2D eigenvalue weighted by Crippen LogP contribution is -2.10. The van der Waals surface area contributed by atoms with E-state index in [2.05, 4.69) is 21.5 Å². The molecule has 0 atom stereocenters. The van der Waals surface area contributed by atoms with Gasteiger partial charge < -0.3 is 5.41 Å². The molecule has 4 nitrogen and oxygen atoms in total. The van der Waals surface area contributed by atoms with Crippen molar-refractivity contribution in [3.63, 3.8) is 0 Å². The van der Waals surface area contributed by atoms with E-state index in [1.165, 1.54) is 0 Å². The third kappa shape index (κ3) is 1.89. The molecule has 0 spiro atoms. The predicted octanol–water partition coefficient (Wildman–Crippen LogP) is 2.52. The van der Waals surface area contributed by atoms with E-state index < -0.39 is 0 Å². The van der Waals surface area contributed by atoms with Crippen LogP contribution in [-0.2, 0) is 0 Å². The minimum absolute atomic E-state index is 0.116. The van der Waals surface area contributed by atoms with Crippen molar-refractivity contribution in [1.29, 1.82) is 5.41 Å². The molecule has 1 rings (SSSR count). The van der Waals surface area contributed by atoms with E-state index in [9.17, 15) is 0 Å². The number of hydrogen-bond acceptors (Lipinski definition) is 4. The maximum Gasteiger partial charge on any atom is 0.156 e. The van der Waals surface area contributed by atoms with Crippen LogP contribution in [0.25, 0.3) is 5.57 Å². The van der Waals surface area contributed by atoms with Gasteiger partial charge in [0, 0.05) is 0 Å². The topological polar surface area (TPSA) is 62.8 Å². The molecule has 76 valence electrons. The van der Waals surface area contributed by atoms with Gasteiger partial charge in [0.1, 0.15) is 5.69 Å². The molecule has 0 fully saturated rings. The van der Waals surface area contributed by atoms with Crippen LogP contribution < -0.4 is 0 Å². The molecule has 4 heteroatoms. The number of allylic oxidation sites excluding steroid dienone is 1. The molecule has 0 saturated carbocycles. The fourth-order valence-electron chi connectivity index (χ4n) is 1.04. The van der Waals surface area contributed by atoms with Gasteiger partial charge in [0.15, 0.2) is 5.69 Å². The molecule has 0 saturated heterocycles. The average molecular weight is 193 g/mol. The molecule has 1 aromatic rings. The van der Waals surface area contributed by atoms with Crippen molar-refractivity contribution < 1.29 is 4.63 Å². The summed E-state index contributed by atoms with van der Waals surface area (Å²) in [5.74, 6) is 0.116. The Kier molecular flexibility index (Phi) is 3.17. The van der Waals surface area contributed by atoms with Crippen LogP contribution in [0, 0.1) is 11.3 Å². The zero-order valence-corrected chi connectivity index (χ0v) is 8.79. The number of nitrogens with zero attached hydrogens (tertiary/aromatic N) is 2. The highest BCUT2D eigenvalue weighted by molar-refractivity contribution is 6.00. The molecule has 0 amide bonds. The molecule has 0 aromatic carbocycles. The first kappa shape index (κ1) is 10.6. The Hall–Kier alpha value is -1.45.